The number of nitrogens with zero attached hydrogens (tertiary/aromatic N) is 1. The number of amides is 1. The van der Waals surface area contributed by atoms with E-state index in [0.717, 1.165) is 37.2 Å². The van der Waals surface area contributed by atoms with Crippen LogP contribution in [0.25, 0.3) is 0 Å². The molecule has 0 saturated carbocycles. The molecule has 0 aliphatic carbocycles. The molecule has 0 bridgehead atoms. The van der Waals surface area contributed by atoms with Crippen LogP contribution in [0.3, 0.4) is 0 Å². The van der Waals surface area contributed by atoms with Crippen molar-refractivity contribution < 1.29 is 9.53 Å². The fourth-order valence-electron chi connectivity index (χ4n) is 4.19. The average molecular weight is 395 g/mol. The zero-order chi connectivity index (χ0) is 20.1. The van der Waals surface area contributed by atoms with E-state index in [1.807, 2.05) is 19.1 Å². The Balaban J connectivity index is 1.25. The maximum Gasteiger partial charge on any atom is 0.238 e. The summed E-state index contributed by atoms with van der Waals surface area (Å²) in [6.45, 7) is 5.18. The van der Waals surface area contributed by atoms with E-state index in [-0.39, 0.29) is 18.0 Å². The van der Waals surface area contributed by atoms with Gasteiger partial charge in [0.05, 0.1) is 6.61 Å². The zero-order valence-electron chi connectivity index (χ0n) is 17.0. The number of anilines is 1. The number of carbonyl (C=O) groups is 1. The number of benzene rings is 2. The highest BCUT2D eigenvalue weighted by molar-refractivity contribution is 5.82. The second-order valence-corrected chi connectivity index (χ2v) is 7.64. The molecule has 4 rings (SSSR count). The molecule has 0 spiro atoms. The van der Waals surface area contributed by atoms with Crippen molar-refractivity contribution >= 4 is 11.6 Å². The molecular formula is C23H30N4O2. The van der Waals surface area contributed by atoms with Gasteiger partial charge in [-0.05, 0) is 55.5 Å². The largest absolute Gasteiger partial charge is 0.494 e. The van der Waals surface area contributed by atoms with Crippen molar-refractivity contribution in [1.29, 1.82) is 0 Å². The summed E-state index contributed by atoms with van der Waals surface area (Å²) in [7, 11) is 0. The standard InChI is InChI=1S/C23H30N4O2/c1-2-29-19-11-9-17(10-12-19)20-16-21(26-25-20)23(28)24-13-15-27-14-5-7-18-6-3-4-8-22(18)27/h3-4,6,8-12,20-21,25-26H,2,5,7,13-16H2,1H3,(H,24,28). The second-order valence-electron chi connectivity index (χ2n) is 7.64. The fourth-order valence-corrected chi connectivity index (χ4v) is 4.19. The van der Waals surface area contributed by atoms with Crippen LogP contribution < -0.4 is 25.8 Å². The summed E-state index contributed by atoms with van der Waals surface area (Å²) in [5.74, 6) is 0.923. The molecule has 2 heterocycles. The van der Waals surface area contributed by atoms with Crippen LogP contribution in [-0.4, -0.2) is 38.2 Å². The van der Waals surface area contributed by atoms with E-state index in [2.05, 4.69) is 57.5 Å². The first-order valence-corrected chi connectivity index (χ1v) is 10.6. The first-order valence-electron chi connectivity index (χ1n) is 10.6. The first-order chi connectivity index (χ1) is 14.2. The summed E-state index contributed by atoms with van der Waals surface area (Å²) in [6.07, 6.45) is 3.04. The van der Waals surface area contributed by atoms with Crippen LogP contribution in [0.4, 0.5) is 5.69 Å². The molecule has 2 aliphatic rings. The number of para-hydroxylation sites is 1. The van der Waals surface area contributed by atoms with Gasteiger partial charge in [0.25, 0.3) is 0 Å². The third-order valence-corrected chi connectivity index (χ3v) is 5.70. The number of nitrogens with one attached hydrogen (secondary N) is 3. The number of ether oxygens (including phenoxy) is 1. The molecule has 1 fully saturated rings. The number of rotatable bonds is 7. The Morgan fingerprint density at radius 2 is 2.00 bits per heavy atom. The number of hydrogen-bond acceptors (Lipinski definition) is 5. The van der Waals surface area contributed by atoms with E-state index in [1.165, 1.54) is 17.7 Å². The Kier molecular flexibility index (Phi) is 6.32. The highest BCUT2D eigenvalue weighted by Gasteiger charge is 2.30. The van der Waals surface area contributed by atoms with E-state index >= 15 is 0 Å². The molecule has 6 nitrogen and oxygen atoms in total. The molecule has 1 saturated heterocycles. The molecule has 29 heavy (non-hydrogen) atoms. The third kappa shape index (κ3) is 4.71. The van der Waals surface area contributed by atoms with E-state index < -0.39 is 0 Å². The number of hydrazine groups is 1. The molecule has 154 valence electrons. The summed E-state index contributed by atoms with van der Waals surface area (Å²) in [6, 6.07) is 16.5. The van der Waals surface area contributed by atoms with Crippen LogP contribution in [0.15, 0.2) is 48.5 Å². The Labute approximate surface area is 172 Å². The summed E-state index contributed by atoms with van der Waals surface area (Å²) in [5, 5.41) is 3.10. The van der Waals surface area contributed by atoms with Gasteiger partial charge in [-0.15, -0.1) is 0 Å². The van der Waals surface area contributed by atoms with Gasteiger partial charge in [0.15, 0.2) is 0 Å². The highest BCUT2D eigenvalue weighted by Crippen LogP contribution is 2.26. The van der Waals surface area contributed by atoms with Gasteiger partial charge in [0, 0.05) is 31.4 Å². The number of fused-ring (bicyclic) bond motifs is 1. The van der Waals surface area contributed by atoms with Gasteiger partial charge in [0.1, 0.15) is 11.8 Å². The summed E-state index contributed by atoms with van der Waals surface area (Å²) in [5.41, 5.74) is 10.3. The van der Waals surface area contributed by atoms with E-state index in [9.17, 15) is 4.79 Å². The molecule has 2 aliphatic heterocycles. The Hall–Kier alpha value is -2.57. The maximum absolute atomic E-state index is 12.6. The highest BCUT2D eigenvalue weighted by atomic mass is 16.5. The van der Waals surface area contributed by atoms with E-state index in [0.29, 0.717) is 13.2 Å². The molecule has 2 aromatic carbocycles. The van der Waals surface area contributed by atoms with Crippen LogP contribution >= 0.6 is 0 Å². The Morgan fingerprint density at radius 1 is 1.17 bits per heavy atom. The molecule has 0 radical (unpaired) electrons. The number of carbonyl (C=O) groups excluding carboxylic acids is 1. The van der Waals surface area contributed by atoms with Gasteiger partial charge in [-0.1, -0.05) is 30.3 Å². The molecule has 2 aromatic rings. The zero-order valence-corrected chi connectivity index (χ0v) is 17.0. The number of aryl methyl sites for hydroxylation is 1. The lowest BCUT2D eigenvalue weighted by atomic mass is 10.0. The molecule has 2 unspecified atom stereocenters. The minimum Gasteiger partial charge on any atom is -0.494 e. The molecule has 6 heteroatoms. The lowest BCUT2D eigenvalue weighted by Gasteiger charge is -2.31. The minimum absolute atomic E-state index is 0.0521. The van der Waals surface area contributed by atoms with Crippen molar-refractivity contribution in [3.8, 4) is 5.75 Å². The average Bonchev–Trinajstić information content (AvgIpc) is 3.25. The first kappa shape index (κ1) is 19.7. The van der Waals surface area contributed by atoms with Gasteiger partial charge in [-0.25, -0.2) is 10.9 Å². The predicted molar refractivity (Wildman–Crippen MR) is 115 cm³/mol. The van der Waals surface area contributed by atoms with Crippen LogP contribution in [0.5, 0.6) is 5.75 Å². The van der Waals surface area contributed by atoms with E-state index in [1.54, 1.807) is 0 Å². The van der Waals surface area contributed by atoms with Crippen LogP contribution in [0.1, 0.15) is 36.9 Å². The van der Waals surface area contributed by atoms with Gasteiger partial charge in [-0.2, -0.15) is 0 Å². The lowest BCUT2D eigenvalue weighted by Crippen LogP contribution is -2.45. The Bertz CT molecular complexity index is 824. The molecule has 3 N–H and O–H groups in total. The van der Waals surface area contributed by atoms with Gasteiger partial charge < -0.3 is 15.0 Å². The van der Waals surface area contributed by atoms with Crippen molar-refractivity contribution in [3.63, 3.8) is 0 Å². The predicted octanol–water partition coefficient (Wildman–Crippen LogP) is 2.56. The SMILES string of the molecule is CCOc1ccc(C2CC(C(=O)NCCN3CCCc4ccccc43)NN2)cc1. The van der Waals surface area contributed by atoms with Crippen molar-refractivity contribution in [2.75, 3.05) is 31.1 Å². The lowest BCUT2D eigenvalue weighted by molar-refractivity contribution is -0.122. The topological polar surface area (TPSA) is 65.6 Å². The second kappa shape index (κ2) is 9.29. The summed E-state index contributed by atoms with van der Waals surface area (Å²) < 4.78 is 5.49. The number of hydrogen-bond donors (Lipinski definition) is 3. The van der Waals surface area contributed by atoms with Crippen molar-refractivity contribution in [2.24, 2.45) is 0 Å². The normalized spacial score (nSPS) is 20.9. The van der Waals surface area contributed by atoms with E-state index in [4.69, 9.17) is 4.74 Å². The van der Waals surface area contributed by atoms with Crippen LogP contribution in [0.2, 0.25) is 0 Å². The van der Waals surface area contributed by atoms with Crippen molar-refractivity contribution in [2.45, 2.75) is 38.3 Å². The summed E-state index contributed by atoms with van der Waals surface area (Å²) >= 11 is 0. The van der Waals surface area contributed by atoms with Crippen LogP contribution in [-0.2, 0) is 11.2 Å². The molecule has 2 atom stereocenters. The minimum atomic E-state index is -0.222. The quantitative estimate of drug-likeness (QED) is 0.674. The molecular weight excluding hydrogens is 364 g/mol. The molecule has 1 amide bonds. The fraction of sp³-hybridized carbons (Fsp3) is 0.435. The third-order valence-electron chi connectivity index (χ3n) is 5.70. The van der Waals surface area contributed by atoms with Crippen molar-refractivity contribution in [3.05, 3.63) is 59.7 Å². The van der Waals surface area contributed by atoms with Crippen LogP contribution in [0, 0.1) is 0 Å². The maximum atomic E-state index is 12.6. The Morgan fingerprint density at radius 3 is 2.83 bits per heavy atom. The molecule has 0 aromatic heterocycles. The van der Waals surface area contributed by atoms with Gasteiger partial charge >= 0.3 is 0 Å². The summed E-state index contributed by atoms with van der Waals surface area (Å²) in [4.78, 5) is 15.0. The van der Waals surface area contributed by atoms with Gasteiger partial charge in [-0.3, -0.25) is 4.79 Å². The monoisotopic (exact) mass is 394 g/mol. The van der Waals surface area contributed by atoms with Gasteiger partial charge in [0.2, 0.25) is 5.91 Å². The van der Waals surface area contributed by atoms with Crippen molar-refractivity contribution in [1.82, 2.24) is 16.2 Å². The smallest absolute Gasteiger partial charge is 0.238 e.